The molecule has 1 fully saturated rings. The molecule has 7 nitrogen and oxygen atoms in total. The molecule has 0 radical (unpaired) electrons. The predicted octanol–water partition coefficient (Wildman–Crippen LogP) is 6.50. The van der Waals surface area contributed by atoms with E-state index in [1.54, 1.807) is 16.4 Å². The Labute approximate surface area is 250 Å². The molecule has 1 aliphatic carbocycles. The highest BCUT2D eigenvalue weighted by atomic mass is 32.2. The maximum Gasteiger partial charge on any atom is 0.326 e. The topological polar surface area (TPSA) is 104 Å². The fourth-order valence-electron chi connectivity index (χ4n) is 5.49. The van der Waals surface area contributed by atoms with Gasteiger partial charge in [0.2, 0.25) is 10.0 Å². The maximum atomic E-state index is 13.4. The first-order valence-electron chi connectivity index (χ1n) is 14.9. The molecule has 2 aromatic rings. The van der Waals surface area contributed by atoms with Crippen LogP contribution in [0, 0.1) is 12.8 Å². The van der Waals surface area contributed by atoms with E-state index in [4.69, 9.17) is 0 Å². The number of benzene rings is 2. The number of carboxylic acid groups (broad SMARTS) is 1. The lowest BCUT2D eigenvalue weighted by atomic mass is 9.87. The molecule has 1 amide bonds. The quantitative estimate of drug-likeness (QED) is 0.227. The van der Waals surface area contributed by atoms with E-state index in [0.29, 0.717) is 42.2 Å². The van der Waals surface area contributed by atoms with Gasteiger partial charge in [-0.1, -0.05) is 75.8 Å². The molecule has 0 bridgehead atoms. The predicted molar refractivity (Wildman–Crippen MR) is 169 cm³/mol. The highest BCUT2D eigenvalue weighted by molar-refractivity contribution is 7.98. The van der Waals surface area contributed by atoms with Crippen molar-refractivity contribution >= 4 is 33.7 Å². The van der Waals surface area contributed by atoms with Crippen molar-refractivity contribution in [2.75, 3.05) is 24.3 Å². The van der Waals surface area contributed by atoms with Crippen molar-refractivity contribution < 1.29 is 23.1 Å². The average molecular weight is 603 g/mol. The van der Waals surface area contributed by atoms with Crippen LogP contribution in [0.15, 0.2) is 42.5 Å². The van der Waals surface area contributed by atoms with Crippen molar-refractivity contribution in [1.29, 1.82) is 0 Å². The van der Waals surface area contributed by atoms with Gasteiger partial charge in [0.05, 0.1) is 5.75 Å². The minimum absolute atomic E-state index is 0.131. The standard InChI is InChI=1S/C32H46N2O5S2/c1-4-5-21-41(38,39)34(19-17-25-12-7-6-8-13-25)23-26-15-16-28(29(22-26)27-14-10-9-11-24(27)2)31(35)33-30(32(36)37)18-20-40-3/h9-11,14-16,22,25,30H,4-8,12-13,17-21,23H2,1-3H3,(H,33,35)(H,36,37). The van der Waals surface area contributed by atoms with Crippen LogP contribution in [0.4, 0.5) is 0 Å². The number of nitrogens with one attached hydrogen (secondary N) is 1. The largest absolute Gasteiger partial charge is 0.480 e. The lowest BCUT2D eigenvalue weighted by Crippen LogP contribution is -2.41. The summed E-state index contributed by atoms with van der Waals surface area (Å²) in [6.45, 7) is 4.70. The summed E-state index contributed by atoms with van der Waals surface area (Å²) < 4.78 is 28.5. The Hall–Kier alpha value is -2.36. The monoisotopic (exact) mass is 602 g/mol. The van der Waals surface area contributed by atoms with Gasteiger partial charge in [-0.15, -0.1) is 0 Å². The minimum Gasteiger partial charge on any atom is -0.480 e. The third-order valence-electron chi connectivity index (χ3n) is 8.00. The van der Waals surface area contributed by atoms with Crippen LogP contribution in [0.3, 0.4) is 0 Å². The van der Waals surface area contributed by atoms with Crippen LogP contribution in [-0.2, 0) is 21.4 Å². The van der Waals surface area contributed by atoms with Gasteiger partial charge < -0.3 is 10.4 Å². The molecule has 2 N–H and O–H groups in total. The number of hydrogen-bond donors (Lipinski definition) is 2. The maximum absolute atomic E-state index is 13.4. The molecular formula is C32H46N2O5S2. The van der Waals surface area contributed by atoms with Crippen molar-refractivity contribution in [2.24, 2.45) is 5.92 Å². The van der Waals surface area contributed by atoms with Crippen LogP contribution in [0.2, 0.25) is 0 Å². The third-order valence-corrected chi connectivity index (χ3v) is 10.5. The van der Waals surface area contributed by atoms with Gasteiger partial charge in [-0.25, -0.2) is 13.2 Å². The second kappa shape index (κ2) is 16.3. The van der Waals surface area contributed by atoms with E-state index in [1.165, 1.54) is 43.9 Å². The Bertz CT molecular complexity index is 1260. The van der Waals surface area contributed by atoms with E-state index in [1.807, 2.05) is 50.4 Å². The molecule has 9 heteroatoms. The molecular weight excluding hydrogens is 556 g/mol. The molecule has 0 heterocycles. The number of carbonyl (C=O) groups is 2. The van der Waals surface area contributed by atoms with Crippen LogP contribution < -0.4 is 5.32 Å². The molecule has 0 spiro atoms. The zero-order valence-electron chi connectivity index (χ0n) is 24.7. The second-order valence-electron chi connectivity index (χ2n) is 11.1. The number of carbonyl (C=O) groups excluding carboxylic acids is 1. The first-order valence-corrected chi connectivity index (χ1v) is 17.9. The average Bonchev–Trinajstić information content (AvgIpc) is 2.96. The lowest BCUT2D eigenvalue weighted by Gasteiger charge is -2.27. The fraction of sp³-hybridized carbons (Fsp3) is 0.562. The molecule has 226 valence electrons. The number of unbranched alkanes of at least 4 members (excludes halogenated alkanes) is 1. The lowest BCUT2D eigenvalue weighted by molar-refractivity contribution is -0.139. The molecule has 1 unspecified atom stereocenters. The second-order valence-corrected chi connectivity index (χ2v) is 14.2. The molecule has 1 aliphatic rings. The van der Waals surface area contributed by atoms with Crippen LogP contribution in [-0.4, -0.2) is 60.1 Å². The molecule has 41 heavy (non-hydrogen) atoms. The summed E-state index contributed by atoms with van der Waals surface area (Å²) in [6.07, 6.45) is 10.6. The summed E-state index contributed by atoms with van der Waals surface area (Å²) in [7, 11) is -3.44. The normalized spacial score (nSPS) is 15.1. The molecule has 2 aromatic carbocycles. The number of thioether (sulfide) groups is 1. The molecule has 0 aromatic heterocycles. The number of sulfonamides is 1. The summed E-state index contributed by atoms with van der Waals surface area (Å²) in [6, 6.07) is 12.2. The number of nitrogens with zero attached hydrogens (tertiary/aromatic N) is 1. The Morgan fingerprint density at radius 3 is 2.49 bits per heavy atom. The number of aliphatic carboxylic acids is 1. The van der Waals surface area contributed by atoms with Gasteiger partial charge in [0, 0.05) is 18.7 Å². The molecule has 1 saturated carbocycles. The van der Waals surface area contributed by atoms with Gasteiger partial charge in [-0.05, 0) is 78.5 Å². The van der Waals surface area contributed by atoms with Gasteiger partial charge in [0.1, 0.15) is 6.04 Å². The van der Waals surface area contributed by atoms with E-state index in [9.17, 15) is 23.1 Å². The van der Waals surface area contributed by atoms with E-state index >= 15 is 0 Å². The van der Waals surface area contributed by atoms with E-state index in [2.05, 4.69) is 5.32 Å². The number of aryl methyl sites for hydroxylation is 1. The molecule has 0 saturated heterocycles. The highest BCUT2D eigenvalue weighted by Gasteiger charge is 2.26. The van der Waals surface area contributed by atoms with Crippen molar-refractivity contribution in [3.63, 3.8) is 0 Å². The molecule has 1 atom stereocenters. The van der Waals surface area contributed by atoms with Crippen molar-refractivity contribution in [2.45, 2.75) is 84.2 Å². The highest BCUT2D eigenvalue weighted by Crippen LogP contribution is 2.30. The van der Waals surface area contributed by atoms with Crippen molar-refractivity contribution in [3.8, 4) is 11.1 Å². The Morgan fingerprint density at radius 1 is 1.10 bits per heavy atom. The van der Waals surface area contributed by atoms with Gasteiger partial charge in [0.15, 0.2) is 0 Å². The number of carboxylic acids is 1. The van der Waals surface area contributed by atoms with Crippen LogP contribution >= 0.6 is 11.8 Å². The first-order chi connectivity index (χ1) is 19.7. The first kappa shape index (κ1) is 33.1. The molecule has 3 rings (SSSR count). The number of amides is 1. The summed E-state index contributed by atoms with van der Waals surface area (Å²) in [5, 5.41) is 12.4. The third kappa shape index (κ3) is 9.86. The Balaban J connectivity index is 1.94. The summed E-state index contributed by atoms with van der Waals surface area (Å²) in [5.41, 5.74) is 3.69. The van der Waals surface area contributed by atoms with Crippen LogP contribution in [0.5, 0.6) is 0 Å². The summed E-state index contributed by atoms with van der Waals surface area (Å²) in [4.78, 5) is 25.2. The molecule has 0 aliphatic heterocycles. The van der Waals surface area contributed by atoms with Crippen LogP contribution in [0.25, 0.3) is 11.1 Å². The van der Waals surface area contributed by atoms with Gasteiger partial charge >= 0.3 is 5.97 Å². The number of rotatable bonds is 16. The van der Waals surface area contributed by atoms with E-state index < -0.39 is 27.9 Å². The number of hydrogen-bond acceptors (Lipinski definition) is 5. The smallest absolute Gasteiger partial charge is 0.326 e. The zero-order valence-corrected chi connectivity index (χ0v) is 26.4. The van der Waals surface area contributed by atoms with Gasteiger partial charge in [-0.2, -0.15) is 16.1 Å². The zero-order chi connectivity index (χ0) is 29.8. The van der Waals surface area contributed by atoms with E-state index in [0.717, 1.165) is 29.5 Å². The van der Waals surface area contributed by atoms with Gasteiger partial charge in [0.25, 0.3) is 5.91 Å². The SMILES string of the molecule is CCCCS(=O)(=O)N(CCC1CCCCC1)Cc1ccc(C(=O)NC(CCSC)C(=O)O)c(-c2ccccc2C)c1. The fourth-order valence-corrected chi connectivity index (χ4v) is 7.61. The van der Waals surface area contributed by atoms with Crippen LogP contribution in [0.1, 0.15) is 86.2 Å². The van der Waals surface area contributed by atoms with Crippen molar-refractivity contribution in [1.82, 2.24) is 9.62 Å². The van der Waals surface area contributed by atoms with Crippen molar-refractivity contribution in [3.05, 3.63) is 59.2 Å². The minimum atomic E-state index is -3.44. The Kier molecular flexibility index (Phi) is 13.2. The van der Waals surface area contributed by atoms with Gasteiger partial charge in [-0.3, -0.25) is 4.79 Å². The Morgan fingerprint density at radius 2 is 1.83 bits per heavy atom. The van der Waals surface area contributed by atoms with E-state index in [-0.39, 0.29) is 12.3 Å². The summed E-state index contributed by atoms with van der Waals surface area (Å²) >= 11 is 1.53. The summed E-state index contributed by atoms with van der Waals surface area (Å²) in [5.74, 6) is -0.203.